The SMILES string of the molecule is CCN(CC(=O)Nc1cccc(SC)c1)CC(=O)Nc1c(Cl)cccc1Cl. The molecule has 2 aromatic carbocycles. The number of amides is 2. The second-order valence-electron chi connectivity index (χ2n) is 5.73. The Morgan fingerprint density at radius 1 is 1.00 bits per heavy atom. The van der Waals surface area contributed by atoms with Crippen LogP contribution in [-0.4, -0.2) is 42.6 Å². The molecule has 0 saturated carbocycles. The average molecular weight is 426 g/mol. The normalized spacial score (nSPS) is 10.7. The minimum atomic E-state index is -0.288. The van der Waals surface area contributed by atoms with Crippen molar-refractivity contribution < 1.29 is 9.59 Å². The molecule has 2 amide bonds. The molecule has 0 saturated heterocycles. The molecule has 8 heteroatoms. The van der Waals surface area contributed by atoms with E-state index in [1.807, 2.05) is 37.4 Å². The van der Waals surface area contributed by atoms with Crippen LogP contribution in [0.1, 0.15) is 6.92 Å². The Bertz CT molecular complexity index is 797. The summed E-state index contributed by atoms with van der Waals surface area (Å²) in [5.74, 6) is -0.470. The average Bonchev–Trinajstić information content (AvgIpc) is 2.64. The molecule has 0 aliphatic rings. The number of benzene rings is 2. The number of hydrogen-bond donors (Lipinski definition) is 2. The topological polar surface area (TPSA) is 61.4 Å². The van der Waals surface area contributed by atoms with E-state index in [4.69, 9.17) is 23.2 Å². The Morgan fingerprint density at radius 3 is 2.19 bits per heavy atom. The molecule has 2 rings (SSSR count). The first-order valence-electron chi connectivity index (χ1n) is 8.33. The van der Waals surface area contributed by atoms with E-state index in [0.717, 1.165) is 10.6 Å². The summed E-state index contributed by atoms with van der Waals surface area (Å²) in [6.07, 6.45) is 1.98. The highest BCUT2D eigenvalue weighted by molar-refractivity contribution is 7.98. The highest BCUT2D eigenvalue weighted by atomic mass is 35.5. The predicted molar refractivity (Wildman–Crippen MR) is 114 cm³/mol. The van der Waals surface area contributed by atoms with Gasteiger partial charge in [-0.1, -0.05) is 42.3 Å². The van der Waals surface area contributed by atoms with Crippen molar-refractivity contribution >= 4 is 58.2 Å². The van der Waals surface area contributed by atoms with Crippen LogP contribution in [0.25, 0.3) is 0 Å². The van der Waals surface area contributed by atoms with Crippen molar-refractivity contribution in [2.24, 2.45) is 0 Å². The molecule has 0 atom stereocenters. The van der Waals surface area contributed by atoms with Gasteiger partial charge < -0.3 is 10.6 Å². The molecule has 0 heterocycles. The predicted octanol–water partition coefficient (Wildman–Crippen LogP) is 4.61. The van der Waals surface area contributed by atoms with Crippen LogP contribution < -0.4 is 10.6 Å². The number of likely N-dealkylation sites (N-methyl/N-ethyl adjacent to an activating group) is 1. The summed E-state index contributed by atoms with van der Waals surface area (Å²) < 4.78 is 0. The van der Waals surface area contributed by atoms with Crippen molar-refractivity contribution in [3.63, 3.8) is 0 Å². The van der Waals surface area contributed by atoms with Crippen molar-refractivity contribution in [1.82, 2.24) is 4.90 Å². The standard InChI is InChI=1S/C19H21Cl2N3O2S/c1-3-24(11-17(25)22-13-6-4-7-14(10-13)27-2)12-18(26)23-19-15(20)8-5-9-16(19)21/h4-10H,3,11-12H2,1-2H3,(H,22,25)(H,23,26). The summed E-state index contributed by atoms with van der Waals surface area (Å²) in [7, 11) is 0. The molecule has 2 N–H and O–H groups in total. The number of para-hydroxylation sites is 1. The zero-order chi connectivity index (χ0) is 19.8. The first-order chi connectivity index (χ1) is 12.9. The Morgan fingerprint density at radius 2 is 1.59 bits per heavy atom. The fraction of sp³-hybridized carbons (Fsp3) is 0.263. The molecule has 5 nitrogen and oxygen atoms in total. The summed E-state index contributed by atoms with van der Waals surface area (Å²) in [5.41, 5.74) is 1.11. The number of hydrogen-bond acceptors (Lipinski definition) is 4. The Balaban J connectivity index is 1.92. The number of carbonyl (C=O) groups is 2. The summed E-state index contributed by atoms with van der Waals surface area (Å²) in [6.45, 7) is 2.58. The van der Waals surface area contributed by atoms with Crippen molar-refractivity contribution in [3.8, 4) is 0 Å². The van der Waals surface area contributed by atoms with Crippen LogP contribution in [0.2, 0.25) is 10.0 Å². The van der Waals surface area contributed by atoms with Crippen LogP contribution in [0.15, 0.2) is 47.4 Å². The molecule has 0 spiro atoms. The van der Waals surface area contributed by atoms with Crippen LogP contribution in [0.3, 0.4) is 0 Å². The molecule has 27 heavy (non-hydrogen) atoms. The lowest BCUT2D eigenvalue weighted by Crippen LogP contribution is -2.38. The van der Waals surface area contributed by atoms with Gasteiger partial charge in [-0.3, -0.25) is 14.5 Å². The largest absolute Gasteiger partial charge is 0.325 e. The molecular weight excluding hydrogens is 405 g/mol. The molecule has 0 aliphatic heterocycles. The number of rotatable bonds is 8. The first-order valence-corrected chi connectivity index (χ1v) is 10.3. The van der Waals surface area contributed by atoms with Gasteiger partial charge >= 0.3 is 0 Å². The third-order valence-corrected chi connectivity index (χ3v) is 5.12. The number of thioether (sulfide) groups is 1. The Hall–Kier alpha value is -1.73. The van der Waals surface area contributed by atoms with Gasteiger partial charge in [0.15, 0.2) is 0 Å². The van der Waals surface area contributed by atoms with Gasteiger partial charge in [-0.2, -0.15) is 0 Å². The van der Waals surface area contributed by atoms with Crippen molar-refractivity contribution in [3.05, 3.63) is 52.5 Å². The van der Waals surface area contributed by atoms with Gasteiger partial charge in [0.05, 0.1) is 28.8 Å². The van der Waals surface area contributed by atoms with Gasteiger partial charge in [0.1, 0.15) is 0 Å². The molecule has 0 aromatic heterocycles. The zero-order valence-corrected chi connectivity index (χ0v) is 17.4. The molecule has 0 radical (unpaired) electrons. The molecular formula is C19H21Cl2N3O2S. The molecule has 0 unspecified atom stereocenters. The summed E-state index contributed by atoms with van der Waals surface area (Å²) in [6, 6.07) is 12.6. The van der Waals surface area contributed by atoms with E-state index in [2.05, 4.69) is 10.6 Å². The van der Waals surface area contributed by atoms with Crippen molar-refractivity contribution in [1.29, 1.82) is 0 Å². The second-order valence-corrected chi connectivity index (χ2v) is 7.42. The lowest BCUT2D eigenvalue weighted by Gasteiger charge is -2.20. The highest BCUT2D eigenvalue weighted by Crippen LogP contribution is 2.29. The molecule has 0 fully saturated rings. The van der Waals surface area contributed by atoms with Crippen LogP contribution in [0.5, 0.6) is 0 Å². The maximum atomic E-state index is 12.3. The van der Waals surface area contributed by atoms with E-state index in [9.17, 15) is 9.59 Å². The van der Waals surface area contributed by atoms with Gasteiger partial charge in [-0.15, -0.1) is 11.8 Å². The van der Waals surface area contributed by atoms with E-state index in [0.29, 0.717) is 22.3 Å². The number of nitrogens with one attached hydrogen (secondary N) is 2. The first kappa shape index (κ1) is 21.6. The van der Waals surface area contributed by atoms with Gasteiger partial charge in [0.2, 0.25) is 11.8 Å². The molecule has 144 valence electrons. The third kappa shape index (κ3) is 6.74. The lowest BCUT2D eigenvalue weighted by atomic mass is 10.3. The smallest absolute Gasteiger partial charge is 0.238 e. The summed E-state index contributed by atoms with van der Waals surface area (Å²) >= 11 is 13.7. The maximum Gasteiger partial charge on any atom is 0.238 e. The molecule has 0 aliphatic carbocycles. The number of anilines is 2. The highest BCUT2D eigenvalue weighted by Gasteiger charge is 2.15. The van der Waals surface area contributed by atoms with E-state index >= 15 is 0 Å². The molecule has 0 bridgehead atoms. The number of carbonyl (C=O) groups excluding carboxylic acids is 2. The van der Waals surface area contributed by atoms with Crippen LogP contribution in [0.4, 0.5) is 11.4 Å². The van der Waals surface area contributed by atoms with Crippen molar-refractivity contribution in [2.75, 3.05) is 36.5 Å². The van der Waals surface area contributed by atoms with Crippen LogP contribution >= 0.6 is 35.0 Å². The van der Waals surface area contributed by atoms with E-state index in [1.165, 1.54) is 0 Å². The van der Waals surface area contributed by atoms with Crippen LogP contribution in [0, 0.1) is 0 Å². The molecule has 2 aromatic rings. The van der Waals surface area contributed by atoms with E-state index in [-0.39, 0.29) is 24.9 Å². The minimum Gasteiger partial charge on any atom is -0.325 e. The summed E-state index contributed by atoms with van der Waals surface area (Å²) in [4.78, 5) is 27.4. The number of halogens is 2. The zero-order valence-electron chi connectivity index (χ0n) is 15.1. The number of nitrogens with zero attached hydrogens (tertiary/aromatic N) is 1. The second kappa shape index (κ2) is 10.6. The van der Waals surface area contributed by atoms with Crippen molar-refractivity contribution in [2.45, 2.75) is 11.8 Å². The van der Waals surface area contributed by atoms with E-state index in [1.54, 1.807) is 34.9 Å². The summed E-state index contributed by atoms with van der Waals surface area (Å²) in [5, 5.41) is 6.29. The van der Waals surface area contributed by atoms with Gasteiger partial charge in [-0.25, -0.2) is 0 Å². The van der Waals surface area contributed by atoms with Crippen LogP contribution in [-0.2, 0) is 9.59 Å². The lowest BCUT2D eigenvalue weighted by molar-refractivity contribution is -0.119. The van der Waals surface area contributed by atoms with Gasteiger partial charge in [0, 0.05) is 10.6 Å². The minimum absolute atomic E-state index is 0.0519. The Kier molecular flexibility index (Phi) is 8.44. The monoisotopic (exact) mass is 425 g/mol. The van der Waals surface area contributed by atoms with Gasteiger partial charge in [-0.05, 0) is 43.1 Å². The van der Waals surface area contributed by atoms with E-state index < -0.39 is 0 Å². The fourth-order valence-corrected chi connectivity index (χ4v) is 3.33. The quantitative estimate of drug-likeness (QED) is 0.605. The Labute approximate surface area is 173 Å². The fourth-order valence-electron chi connectivity index (χ4n) is 2.38. The maximum absolute atomic E-state index is 12.3. The van der Waals surface area contributed by atoms with Gasteiger partial charge in [0.25, 0.3) is 0 Å². The third-order valence-electron chi connectivity index (χ3n) is 3.76.